The fourth-order valence-electron chi connectivity index (χ4n) is 1.61. The first-order chi connectivity index (χ1) is 10.0. The van der Waals surface area contributed by atoms with E-state index >= 15 is 0 Å². The van der Waals surface area contributed by atoms with Gasteiger partial charge in [0.05, 0.1) is 3.79 Å². The number of thiophene rings is 1. The molecule has 0 radical (unpaired) electrons. The van der Waals surface area contributed by atoms with Crippen molar-refractivity contribution in [3.05, 3.63) is 44.9 Å². The molecule has 0 unspecified atom stereocenters. The van der Waals surface area contributed by atoms with Crippen molar-refractivity contribution in [2.24, 2.45) is 0 Å². The van der Waals surface area contributed by atoms with E-state index in [1.807, 2.05) is 0 Å². The van der Waals surface area contributed by atoms with Gasteiger partial charge in [-0.15, -0.1) is 27.2 Å². The fraction of sp³-hybridized carbons (Fsp3) is 0. The molecule has 2 heterocycles. The third-order valence-corrected chi connectivity index (χ3v) is 5.87. The molecule has 0 saturated carbocycles. The van der Waals surface area contributed by atoms with Gasteiger partial charge in [0, 0.05) is 5.56 Å². The number of rotatable bonds is 4. The van der Waals surface area contributed by atoms with Crippen molar-refractivity contribution in [2.45, 2.75) is 4.21 Å². The molecule has 0 aliphatic carbocycles. The van der Waals surface area contributed by atoms with Crippen LogP contribution in [0, 0.1) is 0 Å². The molecule has 108 valence electrons. The zero-order chi connectivity index (χ0) is 14.9. The number of halogens is 1. The smallest absolute Gasteiger partial charge is 0.204 e. The Morgan fingerprint density at radius 3 is 2.76 bits per heavy atom. The van der Waals surface area contributed by atoms with Crippen LogP contribution in [0.4, 0.5) is 5.69 Å². The second kappa shape index (κ2) is 5.54. The van der Waals surface area contributed by atoms with Gasteiger partial charge in [0.15, 0.2) is 0 Å². The topological polar surface area (TPSA) is 103 Å². The summed E-state index contributed by atoms with van der Waals surface area (Å²) in [7, 11) is -3.73. The summed E-state index contributed by atoms with van der Waals surface area (Å²) in [5.74, 6) is 0.378. The van der Waals surface area contributed by atoms with Gasteiger partial charge in [0.1, 0.15) is 14.2 Å². The molecule has 3 rings (SSSR count). The molecule has 2 aromatic heterocycles. The number of H-pyrrole nitrogens is 1. The Kier molecular flexibility index (Phi) is 3.74. The predicted octanol–water partition coefficient (Wildman–Crippen LogP) is 3.08. The molecule has 0 amide bonds. The highest BCUT2D eigenvalue weighted by molar-refractivity contribution is 9.11. The van der Waals surface area contributed by atoms with E-state index in [9.17, 15) is 8.42 Å². The van der Waals surface area contributed by atoms with E-state index in [1.165, 1.54) is 6.07 Å². The minimum atomic E-state index is -3.73. The summed E-state index contributed by atoms with van der Waals surface area (Å²) < 4.78 is 29.1. The average molecular weight is 385 g/mol. The first-order valence-corrected chi connectivity index (χ1v) is 8.67. The SMILES string of the molecule is O=S(=O)([N-]c1cccc(-c2nn[nH]n2)c1)c1ccc(Br)s1. The maximum atomic E-state index is 12.2. The summed E-state index contributed by atoms with van der Waals surface area (Å²) in [4.78, 5) is 0. The summed E-state index contributed by atoms with van der Waals surface area (Å²) in [6.45, 7) is 0. The third kappa shape index (κ3) is 3.12. The summed E-state index contributed by atoms with van der Waals surface area (Å²) in [6, 6.07) is 9.80. The van der Waals surface area contributed by atoms with Gasteiger partial charge in [-0.1, -0.05) is 24.3 Å². The van der Waals surface area contributed by atoms with Crippen LogP contribution in [0.2, 0.25) is 0 Å². The lowest BCUT2D eigenvalue weighted by atomic mass is 10.2. The van der Waals surface area contributed by atoms with E-state index in [0.717, 1.165) is 15.1 Å². The highest BCUT2D eigenvalue weighted by Crippen LogP contribution is 2.34. The zero-order valence-corrected chi connectivity index (χ0v) is 13.5. The molecule has 1 aromatic carbocycles. The maximum Gasteiger partial charge on any atom is 0.204 e. The number of hydrogen-bond acceptors (Lipinski definition) is 6. The number of tetrazole rings is 1. The van der Waals surface area contributed by atoms with Gasteiger partial charge in [-0.2, -0.15) is 5.21 Å². The van der Waals surface area contributed by atoms with Gasteiger partial charge >= 0.3 is 0 Å². The van der Waals surface area contributed by atoms with Crippen LogP contribution in [0.3, 0.4) is 0 Å². The van der Waals surface area contributed by atoms with Crippen LogP contribution in [0.25, 0.3) is 16.1 Å². The number of nitrogens with one attached hydrogen (secondary N) is 1. The first-order valence-electron chi connectivity index (χ1n) is 5.62. The first kappa shape index (κ1) is 14.2. The Labute approximate surface area is 132 Å². The van der Waals surface area contributed by atoms with Crippen LogP contribution in [0.1, 0.15) is 0 Å². The third-order valence-electron chi connectivity index (χ3n) is 2.48. The van der Waals surface area contributed by atoms with Crippen LogP contribution in [-0.4, -0.2) is 29.0 Å². The molecule has 0 saturated heterocycles. The Balaban J connectivity index is 1.90. The summed E-state index contributed by atoms with van der Waals surface area (Å²) in [5.41, 5.74) is 0.939. The van der Waals surface area contributed by atoms with E-state index in [4.69, 9.17) is 0 Å². The van der Waals surface area contributed by atoms with Crippen molar-refractivity contribution in [2.75, 3.05) is 0 Å². The molecule has 1 N–H and O–H groups in total. The molecule has 7 nitrogen and oxygen atoms in total. The van der Waals surface area contributed by atoms with Crippen LogP contribution in [0.15, 0.2) is 44.4 Å². The van der Waals surface area contributed by atoms with Crippen LogP contribution >= 0.6 is 27.3 Å². The standard InChI is InChI=1S/C11H7BrN5O2S2/c12-9-4-5-10(20-9)21(18,19)15-8-3-1-2-7(6-8)11-13-16-17-14-11/h1-6H,(H,13,14,16,17)/q-1. The van der Waals surface area contributed by atoms with Gasteiger partial charge in [-0.05, 0) is 33.3 Å². The molecule has 0 aliphatic heterocycles. The quantitative estimate of drug-likeness (QED) is 0.744. The second-order valence-electron chi connectivity index (χ2n) is 3.91. The zero-order valence-electron chi connectivity index (χ0n) is 10.3. The highest BCUT2D eigenvalue weighted by atomic mass is 79.9. The van der Waals surface area contributed by atoms with E-state index in [2.05, 4.69) is 41.3 Å². The van der Waals surface area contributed by atoms with E-state index in [-0.39, 0.29) is 4.21 Å². The Morgan fingerprint density at radius 2 is 2.10 bits per heavy atom. The molecular weight excluding hydrogens is 378 g/mol. The number of hydrogen-bond donors (Lipinski definition) is 1. The second-order valence-corrected chi connectivity index (χ2v) is 8.20. The number of aromatic nitrogens is 4. The van der Waals surface area contributed by atoms with E-state index < -0.39 is 10.0 Å². The lowest BCUT2D eigenvalue weighted by Crippen LogP contribution is -1.94. The fourth-order valence-corrected chi connectivity index (χ4v) is 4.57. The number of nitrogens with zero attached hydrogens (tertiary/aromatic N) is 4. The van der Waals surface area contributed by atoms with Crippen LogP contribution in [0.5, 0.6) is 0 Å². The van der Waals surface area contributed by atoms with Crippen LogP contribution < -0.4 is 0 Å². The normalized spacial score (nSPS) is 11.5. The van der Waals surface area contributed by atoms with Gasteiger partial charge in [-0.25, -0.2) is 8.42 Å². The Hall–Kier alpha value is -1.78. The van der Waals surface area contributed by atoms with Crippen molar-refractivity contribution in [1.82, 2.24) is 20.6 Å². The Bertz CT molecular complexity index is 860. The average Bonchev–Trinajstić information content (AvgIpc) is 3.09. The molecule has 21 heavy (non-hydrogen) atoms. The van der Waals surface area contributed by atoms with Crippen LogP contribution in [-0.2, 0) is 10.0 Å². The minimum Gasteiger partial charge on any atom is -0.572 e. The molecule has 0 atom stereocenters. The summed E-state index contributed by atoms with van der Waals surface area (Å²) in [6.07, 6.45) is 0. The van der Waals surface area contributed by atoms with Crippen molar-refractivity contribution in [3.8, 4) is 11.4 Å². The van der Waals surface area contributed by atoms with Gasteiger partial charge in [0.25, 0.3) is 0 Å². The number of sulfonamides is 1. The van der Waals surface area contributed by atoms with Crippen molar-refractivity contribution in [1.29, 1.82) is 0 Å². The number of benzene rings is 1. The van der Waals surface area contributed by atoms with Crippen molar-refractivity contribution in [3.63, 3.8) is 0 Å². The lowest BCUT2D eigenvalue weighted by Gasteiger charge is -2.20. The summed E-state index contributed by atoms with van der Waals surface area (Å²) >= 11 is 4.34. The number of aromatic amines is 1. The van der Waals surface area contributed by atoms with E-state index in [0.29, 0.717) is 17.1 Å². The maximum absolute atomic E-state index is 12.2. The molecule has 10 heteroatoms. The molecule has 0 fully saturated rings. The molecule has 3 aromatic rings. The molecular formula is C11H7BrN5O2S2-. The lowest BCUT2D eigenvalue weighted by molar-refractivity contribution is 0.605. The van der Waals surface area contributed by atoms with Crippen molar-refractivity contribution >= 4 is 43.0 Å². The highest BCUT2D eigenvalue weighted by Gasteiger charge is 2.08. The monoisotopic (exact) mass is 384 g/mol. The van der Waals surface area contributed by atoms with E-state index in [1.54, 1.807) is 30.3 Å². The molecule has 0 spiro atoms. The van der Waals surface area contributed by atoms with Crippen molar-refractivity contribution < 1.29 is 8.42 Å². The molecule has 0 bridgehead atoms. The minimum absolute atomic E-state index is 0.180. The molecule has 0 aliphatic rings. The largest absolute Gasteiger partial charge is 0.572 e. The van der Waals surface area contributed by atoms with Gasteiger partial charge < -0.3 is 4.72 Å². The van der Waals surface area contributed by atoms with Gasteiger partial charge in [0.2, 0.25) is 5.82 Å². The summed E-state index contributed by atoms with van der Waals surface area (Å²) in [5, 5.41) is 13.5. The Morgan fingerprint density at radius 1 is 1.24 bits per heavy atom. The predicted molar refractivity (Wildman–Crippen MR) is 81.8 cm³/mol. The van der Waals surface area contributed by atoms with Gasteiger partial charge in [-0.3, -0.25) is 0 Å².